The average molecular weight is 395 g/mol. The maximum Gasteiger partial charge on any atom is 0.289 e. The molecule has 1 saturated heterocycles. The molecule has 2 aromatic rings. The number of rotatable bonds is 5. The lowest BCUT2D eigenvalue weighted by atomic mass is 10.0. The maximum atomic E-state index is 13.3. The lowest BCUT2D eigenvalue weighted by molar-refractivity contribution is -0.144. The number of carbonyl (C=O) groups excluding carboxylic acids is 3. The molecule has 0 spiro atoms. The molecule has 2 aliphatic rings. The third kappa shape index (κ3) is 3.52. The van der Waals surface area contributed by atoms with Crippen LogP contribution in [0.5, 0.6) is 0 Å². The number of piperazine rings is 1. The predicted molar refractivity (Wildman–Crippen MR) is 107 cm³/mol. The summed E-state index contributed by atoms with van der Waals surface area (Å²) in [5.74, 6) is -0.0899. The van der Waals surface area contributed by atoms with E-state index in [1.165, 1.54) is 6.26 Å². The molecule has 0 atom stereocenters. The molecule has 1 aromatic carbocycles. The van der Waals surface area contributed by atoms with Crippen molar-refractivity contribution in [1.29, 1.82) is 0 Å². The zero-order valence-electron chi connectivity index (χ0n) is 16.5. The topological polar surface area (TPSA) is 74.1 Å². The Labute approximate surface area is 169 Å². The van der Waals surface area contributed by atoms with Gasteiger partial charge in [0.15, 0.2) is 5.76 Å². The predicted octanol–water partition coefficient (Wildman–Crippen LogP) is 2.40. The van der Waals surface area contributed by atoms with Gasteiger partial charge in [-0.3, -0.25) is 14.4 Å². The van der Waals surface area contributed by atoms with Gasteiger partial charge in [-0.1, -0.05) is 18.2 Å². The molecule has 152 valence electrons. The molecule has 0 N–H and O–H groups in total. The summed E-state index contributed by atoms with van der Waals surface area (Å²) in [4.78, 5) is 44.0. The summed E-state index contributed by atoms with van der Waals surface area (Å²) in [6, 6.07) is 12.8. The lowest BCUT2D eigenvalue weighted by Gasteiger charge is -2.37. The second kappa shape index (κ2) is 7.73. The van der Waals surface area contributed by atoms with Gasteiger partial charge >= 0.3 is 0 Å². The molecular formula is C22H25N3O4. The van der Waals surface area contributed by atoms with Crippen molar-refractivity contribution in [3.63, 3.8) is 0 Å². The van der Waals surface area contributed by atoms with Crippen LogP contribution in [0.3, 0.4) is 0 Å². The second-order valence-electron chi connectivity index (χ2n) is 7.53. The maximum absolute atomic E-state index is 13.3. The van der Waals surface area contributed by atoms with Crippen molar-refractivity contribution < 1.29 is 18.8 Å². The molecule has 0 unspecified atom stereocenters. The van der Waals surface area contributed by atoms with E-state index >= 15 is 0 Å². The van der Waals surface area contributed by atoms with Crippen LogP contribution in [0.15, 0.2) is 53.1 Å². The minimum atomic E-state index is -0.945. The molecule has 2 fully saturated rings. The van der Waals surface area contributed by atoms with Gasteiger partial charge in [-0.2, -0.15) is 0 Å². The van der Waals surface area contributed by atoms with Crippen LogP contribution in [0.4, 0.5) is 5.69 Å². The molecular weight excluding hydrogens is 370 g/mol. The van der Waals surface area contributed by atoms with Crippen LogP contribution < -0.4 is 4.90 Å². The summed E-state index contributed by atoms with van der Waals surface area (Å²) in [5, 5.41) is 0. The number of nitrogens with zero attached hydrogens (tertiary/aromatic N) is 3. The molecule has 29 heavy (non-hydrogen) atoms. The zero-order valence-corrected chi connectivity index (χ0v) is 16.5. The first-order valence-corrected chi connectivity index (χ1v) is 10.1. The number of furan rings is 1. The number of para-hydroxylation sites is 1. The second-order valence-corrected chi connectivity index (χ2v) is 7.53. The Morgan fingerprint density at radius 3 is 2.17 bits per heavy atom. The van der Waals surface area contributed by atoms with Gasteiger partial charge < -0.3 is 19.1 Å². The van der Waals surface area contributed by atoms with Gasteiger partial charge in [0.05, 0.1) is 6.26 Å². The van der Waals surface area contributed by atoms with Gasteiger partial charge in [0.2, 0.25) is 11.8 Å². The summed E-state index contributed by atoms with van der Waals surface area (Å²) in [7, 11) is 0. The Hall–Kier alpha value is -3.09. The van der Waals surface area contributed by atoms with Gasteiger partial charge in [-0.25, -0.2) is 0 Å². The van der Waals surface area contributed by atoms with Crippen LogP contribution >= 0.6 is 0 Å². The van der Waals surface area contributed by atoms with Gasteiger partial charge in [0.1, 0.15) is 5.41 Å². The molecule has 4 rings (SSSR count). The Balaban J connectivity index is 1.42. The molecule has 3 amide bonds. The van der Waals surface area contributed by atoms with E-state index in [9.17, 15) is 14.4 Å². The first-order valence-electron chi connectivity index (χ1n) is 10.1. The third-order valence-corrected chi connectivity index (χ3v) is 5.78. The Morgan fingerprint density at radius 2 is 1.62 bits per heavy atom. The van der Waals surface area contributed by atoms with Crippen molar-refractivity contribution in [3.8, 4) is 0 Å². The van der Waals surface area contributed by atoms with Crippen molar-refractivity contribution >= 4 is 23.4 Å². The summed E-state index contributed by atoms with van der Waals surface area (Å²) in [6.07, 6.45) is 2.64. The van der Waals surface area contributed by atoms with E-state index in [-0.39, 0.29) is 17.7 Å². The van der Waals surface area contributed by atoms with E-state index in [1.807, 2.05) is 37.3 Å². The molecule has 0 radical (unpaired) electrons. The van der Waals surface area contributed by atoms with E-state index in [2.05, 4.69) is 0 Å². The fourth-order valence-electron chi connectivity index (χ4n) is 3.93. The van der Waals surface area contributed by atoms with Crippen LogP contribution in [0, 0.1) is 5.41 Å². The van der Waals surface area contributed by atoms with Crippen LogP contribution in [0.2, 0.25) is 0 Å². The largest absolute Gasteiger partial charge is 0.459 e. The van der Waals surface area contributed by atoms with Crippen molar-refractivity contribution in [2.75, 3.05) is 37.6 Å². The Bertz CT molecular complexity index is 882. The molecule has 7 nitrogen and oxygen atoms in total. The van der Waals surface area contributed by atoms with Crippen molar-refractivity contribution in [1.82, 2.24) is 9.80 Å². The fraction of sp³-hybridized carbons (Fsp3) is 0.409. The summed E-state index contributed by atoms with van der Waals surface area (Å²) >= 11 is 0. The van der Waals surface area contributed by atoms with Crippen LogP contribution in [0.25, 0.3) is 0 Å². The Kier molecular flexibility index (Phi) is 5.13. The average Bonchev–Trinajstić information content (AvgIpc) is 3.40. The van der Waals surface area contributed by atoms with Crippen molar-refractivity contribution in [2.45, 2.75) is 19.8 Å². The Morgan fingerprint density at radius 1 is 0.966 bits per heavy atom. The highest BCUT2D eigenvalue weighted by Crippen LogP contribution is 2.49. The van der Waals surface area contributed by atoms with Gasteiger partial charge in [-0.05, 0) is 44.0 Å². The molecule has 1 aliphatic heterocycles. The highest BCUT2D eigenvalue weighted by Gasteiger charge is 2.59. The minimum absolute atomic E-state index is 0.109. The van der Waals surface area contributed by atoms with E-state index in [1.54, 1.807) is 26.8 Å². The highest BCUT2D eigenvalue weighted by molar-refractivity contribution is 6.14. The highest BCUT2D eigenvalue weighted by atomic mass is 16.3. The van der Waals surface area contributed by atoms with Gasteiger partial charge in [-0.15, -0.1) is 0 Å². The molecule has 1 saturated carbocycles. The molecule has 1 aliphatic carbocycles. The SMILES string of the molecule is CCN(C(=O)C1(C(=O)N2CCN(C(=O)c3ccco3)CC2)CC1)c1ccccc1. The smallest absolute Gasteiger partial charge is 0.289 e. The number of carbonyl (C=O) groups is 3. The number of hydrogen-bond acceptors (Lipinski definition) is 4. The van der Waals surface area contributed by atoms with Crippen molar-refractivity contribution in [3.05, 3.63) is 54.5 Å². The summed E-state index contributed by atoms with van der Waals surface area (Å²) < 4.78 is 5.18. The first-order chi connectivity index (χ1) is 14.1. The van der Waals surface area contributed by atoms with E-state index in [0.29, 0.717) is 51.3 Å². The monoisotopic (exact) mass is 395 g/mol. The molecule has 1 aromatic heterocycles. The van der Waals surface area contributed by atoms with E-state index in [4.69, 9.17) is 4.42 Å². The zero-order chi connectivity index (χ0) is 20.4. The summed E-state index contributed by atoms with van der Waals surface area (Å²) in [5.41, 5.74) is -0.132. The normalized spacial score (nSPS) is 17.7. The number of amides is 3. The van der Waals surface area contributed by atoms with E-state index < -0.39 is 5.41 Å². The standard InChI is InChI=1S/C22H25N3O4/c1-2-25(17-7-4-3-5-8-17)21(28)22(10-11-22)20(27)24-14-12-23(13-15-24)19(26)18-9-6-16-29-18/h3-9,16H,2,10-15H2,1H3. The van der Waals surface area contributed by atoms with Crippen LogP contribution in [-0.2, 0) is 9.59 Å². The van der Waals surface area contributed by atoms with Crippen LogP contribution in [-0.4, -0.2) is 60.2 Å². The lowest BCUT2D eigenvalue weighted by Crippen LogP contribution is -2.54. The first kappa shape index (κ1) is 19.2. The fourth-order valence-corrected chi connectivity index (χ4v) is 3.93. The third-order valence-electron chi connectivity index (χ3n) is 5.78. The molecule has 0 bridgehead atoms. The van der Waals surface area contributed by atoms with Crippen molar-refractivity contribution in [2.24, 2.45) is 5.41 Å². The molecule has 2 heterocycles. The minimum Gasteiger partial charge on any atom is -0.459 e. The summed E-state index contributed by atoms with van der Waals surface area (Å²) in [6.45, 7) is 4.17. The van der Waals surface area contributed by atoms with Gasteiger partial charge in [0.25, 0.3) is 5.91 Å². The van der Waals surface area contributed by atoms with Gasteiger partial charge in [0, 0.05) is 38.4 Å². The number of anilines is 1. The number of benzene rings is 1. The van der Waals surface area contributed by atoms with E-state index in [0.717, 1.165) is 5.69 Å². The molecule has 7 heteroatoms. The van der Waals surface area contributed by atoms with Crippen LogP contribution in [0.1, 0.15) is 30.3 Å². The quantitative estimate of drug-likeness (QED) is 0.729. The number of hydrogen-bond donors (Lipinski definition) is 0.